The Kier molecular flexibility index (Phi) is 4.30. The van der Waals surface area contributed by atoms with Gasteiger partial charge in [-0.3, -0.25) is 4.79 Å². The van der Waals surface area contributed by atoms with Gasteiger partial charge in [-0.1, -0.05) is 29.3 Å². The second-order valence-corrected chi connectivity index (χ2v) is 7.84. The highest BCUT2D eigenvalue weighted by molar-refractivity contribution is 6.35. The summed E-state index contributed by atoms with van der Waals surface area (Å²) in [5, 5.41) is 3.98. The fourth-order valence-electron chi connectivity index (χ4n) is 3.60. The molecule has 2 amide bonds. The number of benzene rings is 1. The highest BCUT2D eigenvalue weighted by Crippen LogP contribution is 2.42. The summed E-state index contributed by atoms with van der Waals surface area (Å²) in [4.78, 5) is 25.4. The van der Waals surface area contributed by atoms with Crippen molar-refractivity contribution in [3.63, 3.8) is 0 Å². The number of ether oxygens (including phenoxy) is 2. The van der Waals surface area contributed by atoms with Crippen molar-refractivity contribution in [2.24, 2.45) is 5.92 Å². The molecule has 3 aliphatic rings. The predicted molar refractivity (Wildman–Crippen MR) is 91.6 cm³/mol. The Morgan fingerprint density at radius 1 is 1.36 bits per heavy atom. The SMILES string of the molecule is O=C1N[C@]2(CO1)C[C@@H](C(=O)N1CC(OCc3ccc(Cl)cc3Cl)C1)C2. The van der Waals surface area contributed by atoms with Gasteiger partial charge >= 0.3 is 6.09 Å². The number of alkyl carbamates (subject to hydrolysis) is 1. The first-order valence-electron chi connectivity index (χ1n) is 8.23. The first kappa shape index (κ1) is 16.9. The molecule has 0 radical (unpaired) electrons. The molecule has 2 aliphatic heterocycles. The maximum atomic E-state index is 12.4. The Morgan fingerprint density at radius 3 is 2.76 bits per heavy atom. The molecule has 0 bridgehead atoms. The molecule has 2 saturated heterocycles. The average molecular weight is 385 g/mol. The van der Waals surface area contributed by atoms with Crippen LogP contribution in [0.2, 0.25) is 10.0 Å². The molecule has 0 atom stereocenters. The van der Waals surface area contributed by atoms with E-state index in [1.165, 1.54) is 0 Å². The molecule has 25 heavy (non-hydrogen) atoms. The van der Waals surface area contributed by atoms with E-state index >= 15 is 0 Å². The highest BCUT2D eigenvalue weighted by Gasteiger charge is 2.54. The number of nitrogens with one attached hydrogen (secondary N) is 1. The summed E-state index contributed by atoms with van der Waals surface area (Å²) in [5.74, 6) is 0.102. The number of cyclic esters (lactones) is 1. The lowest BCUT2D eigenvalue weighted by Gasteiger charge is -2.47. The van der Waals surface area contributed by atoms with Crippen molar-refractivity contribution in [3.8, 4) is 0 Å². The quantitative estimate of drug-likeness (QED) is 0.865. The smallest absolute Gasteiger partial charge is 0.407 e. The Bertz CT molecular complexity index is 715. The Morgan fingerprint density at radius 2 is 2.12 bits per heavy atom. The summed E-state index contributed by atoms with van der Waals surface area (Å²) >= 11 is 12.0. The minimum absolute atomic E-state index is 0.0271. The maximum absolute atomic E-state index is 12.4. The van der Waals surface area contributed by atoms with E-state index in [0.717, 1.165) is 5.56 Å². The van der Waals surface area contributed by atoms with Crippen molar-refractivity contribution in [1.82, 2.24) is 10.2 Å². The number of likely N-dealkylation sites (tertiary alicyclic amines) is 1. The average Bonchev–Trinajstić information content (AvgIpc) is 2.88. The second kappa shape index (κ2) is 6.34. The van der Waals surface area contributed by atoms with Gasteiger partial charge in [-0.15, -0.1) is 0 Å². The summed E-state index contributed by atoms with van der Waals surface area (Å²) in [6.07, 6.45) is 0.948. The van der Waals surface area contributed by atoms with E-state index < -0.39 is 0 Å². The second-order valence-electron chi connectivity index (χ2n) is 7.00. The first-order chi connectivity index (χ1) is 11.9. The number of rotatable bonds is 4. The van der Waals surface area contributed by atoms with Crippen molar-refractivity contribution >= 4 is 35.2 Å². The third-order valence-electron chi connectivity index (χ3n) is 5.12. The lowest BCUT2D eigenvalue weighted by atomic mass is 9.68. The molecule has 1 aromatic rings. The third-order valence-corrected chi connectivity index (χ3v) is 5.71. The minimum atomic E-state index is -0.385. The minimum Gasteiger partial charge on any atom is -0.447 e. The number of halogens is 2. The largest absolute Gasteiger partial charge is 0.447 e. The molecule has 4 rings (SSSR count). The van der Waals surface area contributed by atoms with Gasteiger partial charge in [0.15, 0.2) is 0 Å². The van der Waals surface area contributed by atoms with Gasteiger partial charge in [0.05, 0.1) is 18.2 Å². The van der Waals surface area contributed by atoms with Crippen molar-refractivity contribution in [1.29, 1.82) is 0 Å². The molecular formula is C17H18Cl2N2O4. The van der Waals surface area contributed by atoms with Crippen LogP contribution in [0.15, 0.2) is 18.2 Å². The van der Waals surface area contributed by atoms with Crippen LogP contribution in [-0.2, 0) is 20.9 Å². The number of carbonyl (C=O) groups excluding carboxylic acids is 2. The van der Waals surface area contributed by atoms with Crippen LogP contribution in [0.25, 0.3) is 0 Å². The van der Waals surface area contributed by atoms with Crippen molar-refractivity contribution in [2.45, 2.75) is 31.1 Å². The van der Waals surface area contributed by atoms with Crippen LogP contribution >= 0.6 is 23.2 Å². The zero-order valence-corrected chi connectivity index (χ0v) is 15.0. The molecule has 2 heterocycles. The highest BCUT2D eigenvalue weighted by atomic mass is 35.5. The Labute approximate surface area is 155 Å². The molecular weight excluding hydrogens is 367 g/mol. The molecule has 6 nitrogen and oxygen atoms in total. The summed E-state index contributed by atoms with van der Waals surface area (Å²) in [6, 6.07) is 5.31. The number of hydrogen-bond acceptors (Lipinski definition) is 4. The molecule has 1 N–H and O–H groups in total. The standard InChI is InChI=1S/C17H18Cl2N2O4/c18-12-2-1-10(14(19)3-12)8-24-13-6-21(7-13)15(22)11-4-17(5-11)9-25-16(23)20-17/h1-3,11,13H,4-9H2,(H,20,23)/t11-,17-. The number of nitrogens with zero attached hydrogens (tertiary/aromatic N) is 1. The van der Waals surface area contributed by atoms with Gasteiger partial charge in [-0.2, -0.15) is 0 Å². The fraction of sp³-hybridized carbons (Fsp3) is 0.529. The van der Waals surface area contributed by atoms with Gasteiger partial charge in [0.25, 0.3) is 0 Å². The van der Waals surface area contributed by atoms with E-state index in [-0.39, 0.29) is 29.6 Å². The summed E-state index contributed by atoms with van der Waals surface area (Å²) in [5.41, 5.74) is 0.567. The van der Waals surface area contributed by atoms with E-state index in [2.05, 4.69) is 5.32 Å². The van der Waals surface area contributed by atoms with E-state index in [1.807, 2.05) is 11.0 Å². The fourth-order valence-corrected chi connectivity index (χ4v) is 4.06. The topological polar surface area (TPSA) is 67.9 Å². The van der Waals surface area contributed by atoms with E-state index in [0.29, 0.717) is 49.2 Å². The normalized spacial score (nSPS) is 28.3. The van der Waals surface area contributed by atoms with Gasteiger partial charge in [-0.25, -0.2) is 4.79 Å². The molecule has 1 spiro atoms. The molecule has 0 aromatic heterocycles. The number of amides is 2. The van der Waals surface area contributed by atoms with E-state index in [9.17, 15) is 9.59 Å². The van der Waals surface area contributed by atoms with Crippen LogP contribution < -0.4 is 5.32 Å². The van der Waals surface area contributed by atoms with Crippen LogP contribution in [0.3, 0.4) is 0 Å². The molecule has 0 unspecified atom stereocenters. The van der Waals surface area contributed by atoms with Gasteiger partial charge in [-0.05, 0) is 30.5 Å². The zero-order chi connectivity index (χ0) is 17.6. The Hall–Kier alpha value is -1.50. The monoisotopic (exact) mass is 384 g/mol. The Balaban J connectivity index is 1.20. The molecule has 8 heteroatoms. The number of carbonyl (C=O) groups is 2. The molecule has 3 fully saturated rings. The third kappa shape index (κ3) is 3.30. The number of hydrogen-bond donors (Lipinski definition) is 1. The van der Waals surface area contributed by atoms with E-state index in [1.54, 1.807) is 12.1 Å². The molecule has 1 aliphatic carbocycles. The van der Waals surface area contributed by atoms with Crippen LogP contribution in [-0.4, -0.2) is 48.2 Å². The van der Waals surface area contributed by atoms with Gasteiger partial charge in [0.1, 0.15) is 6.61 Å². The van der Waals surface area contributed by atoms with Gasteiger partial charge < -0.3 is 19.7 Å². The van der Waals surface area contributed by atoms with Crippen molar-refractivity contribution in [2.75, 3.05) is 19.7 Å². The maximum Gasteiger partial charge on any atom is 0.407 e. The van der Waals surface area contributed by atoms with Crippen LogP contribution in [0, 0.1) is 5.92 Å². The zero-order valence-electron chi connectivity index (χ0n) is 13.5. The molecule has 1 saturated carbocycles. The summed E-state index contributed by atoms with van der Waals surface area (Å²) in [7, 11) is 0. The van der Waals surface area contributed by atoms with Crippen LogP contribution in [0.4, 0.5) is 4.79 Å². The van der Waals surface area contributed by atoms with Gasteiger partial charge in [0, 0.05) is 29.1 Å². The lowest BCUT2D eigenvalue weighted by Crippen LogP contribution is -2.62. The van der Waals surface area contributed by atoms with Crippen LogP contribution in [0.5, 0.6) is 0 Å². The van der Waals surface area contributed by atoms with Crippen LogP contribution in [0.1, 0.15) is 18.4 Å². The van der Waals surface area contributed by atoms with Crippen molar-refractivity contribution in [3.05, 3.63) is 33.8 Å². The first-order valence-corrected chi connectivity index (χ1v) is 8.99. The molecule has 1 aromatic carbocycles. The van der Waals surface area contributed by atoms with Gasteiger partial charge in [0.2, 0.25) is 5.91 Å². The summed E-state index contributed by atoms with van der Waals surface area (Å²) < 4.78 is 10.7. The van der Waals surface area contributed by atoms with Crippen molar-refractivity contribution < 1.29 is 19.1 Å². The molecule has 134 valence electrons. The predicted octanol–water partition coefficient (Wildman–Crippen LogP) is 2.61. The van der Waals surface area contributed by atoms with E-state index in [4.69, 9.17) is 32.7 Å². The summed E-state index contributed by atoms with van der Waals surface area (Å²) in [6.45, 7) is 1.95. The lowest BCUT2D eigenvalue weighted by molar-refractivity contribution is -0.155.